The summed E-state index contributed by atoms with van der Waals surface area (Å²) < 4.78 is 10.9. The Hall–Kier alpha value is -2.86. The molecule has 0 aliphatic carbocycles. The zero-order valence-corrected chi connectivity index (χ0v) is 15.2. The van der Waals surface area contributed by atoms with Crippen LogP contribution in [0.3, 0.4) is 0 Å². The van der Waals surface area contributed by atoms with Crippen molar-refractivity contribution in [2.75, 3.05) is 12.4 Å². The molecule has 0 aliphatic heterocycles. The highest BCUT2D eigenvalue weighted by Crippen LogP contribution is 2.28. The fourth-order valence-corrected chi connectivity index (χ4v) is 2.64. The van der Waals surface area contributed by atoms with Gasteiger partial charge in [-0.25, -0.2) is 0 Å². The molecule has 0 aliphatic rings. The molecule has 3 aromatic rings. The van der Waals surface area contributed by atoms with Crippen molar-refractivity contribution >= 4 is 23.2 Å². The summed E-state index contributed by atoms with van der Waals surface area (Å²) in [4.78, 5) is 12.2. The number of aromatic nitrogens is 2. The summed E-state index contributed by atoms with van der Waals surface area (Å²) in [6.07, 6.45) is 0.563. The highest BCUT2D eigenvalue weighted by Gasteiger charge is 2.14. The minimum atomic E-state index is -0.146. The number of aryl methyl sites for hydroxylation is 1. The number of halogens is 1. The standard InChI is InChI=1S/C19H18ClN3O3/c1-12-14(20)7-5-8-15(12)21-17(24)10-11-18-22-23-19(26-18)13-6-3-4-9-16(13)25-2/h3-9H,10-11H2,1-2H3,(H,21,24). The number of hydrogen-bond donors (Lipinski definition) is 1. The normalized spacial score (nSPS) is 10.6. The van der Waals surface area contributed by atoms with Gasteiger partial charge in [-0.1, -0.05) is 29.8 Å². The minimum absolute atomic E-state index is 0.146. The highest BCUT2D eigenvalue weighted by molar-refractivity contribution is 6.31. The largest absolute Gasteiger partial charge is 0.496 e. The molecule has 0 unspecified atom stereocenters. The number of carbonyl (C=O) groups is 1. The first kappa shape index (κ1) is 17.9. The molecule has 0 bridgehead atoms. The number of rotatable bonds is 6. The topological polar surface area (TPSA) is 77.2 Å². The number of amides is 1. The van der Waals surface area contributed by atoms with Crippen LogP contribution in [-0.4, -0.2) is 23.2 Å². The number of methoxy groups -OCH3 is 1. The maximum atomic E-state index is 12.2. The second kappa shape index (κ2) is 8.01. The SMILES string of the molecule is COc1ccccc1-c1nnc(CCC(=O)Nc2cccc(Cl)c2C)o1. The summed E-state index contributed by atoms with van der Waals surface area (Å²) in [5, 5.41) is 11.5. The van der Waals surface area contributed by atoms with E-state index in [1.54, 1.807) is 19.2 Å². The van der Waals surface area contributed by atoms with Gasteiger partial charge in [0.25, 0.3) is 5.89 Å². The predicted molar refractivity (Wildman–Crippen MR) is 99.4 cm³/mol. The summed E-state index contributed by atoms with van der Waals surface area (Å²) in [7, 11) is 1.58. The van der Waals surface area contributed by atoms with Gasteiger partial charge in [-0.3, -0.25) is 4.79 Å². The van der Waals surface area contributed by atoms with E-state index in [4.69, 9.17) is 20.8 Å². The van der Waals surface area contributed by atoms with E-state index in [2.05, 4.69) is 15.5 Å². The van der Waals surface area contributed by atoms with E-state index >= 15 is 0 Å². The van der Waals surface area contributed by atoms with Crippen LogP contribution in [-0.2, 0) is 11.2 Å². The average molecular weight is 372 g/mol. The third kappa shape index (κ3) is 4.03. The third-order valence-electron chi connectivity index (χ3n) is 3.91. The van der Waals surface area contributed by atoms with Crippen molar-refractivity contribution < 1.29 is 13.9 Å². The molecule has 1 N–H and O–H groups in total. The van der Waals surface area contributed by atoms with Crippen molar-refractivity contribution in [3.63, 3.8) is 0 Å². The van der Waals surface area contributed by atoms with Crippen LogP contribution in [0.2, 0.25) is 5.02 Å². The Morgan fingerprint density at radius 3 is 2.81 bits per heavy atom. The van der Waals surface area contributed by atoms with E-state index in [-0.39, 0.29) is 12.3 Å². The fourth-order valence-electron chi connectivity index (χ4n) is 2.46. The number of anilines is 1. The number of benzene rings is 2. The molecule has 7 heteroatoms. The molecule has 26 heavy (non-hydrogen) atoms. The summed E-state index contributed by atoms with van der Waals surface area (Å²) in [6, 6.07) is 12.8. The minimum Gasteiger partial charge on any atom is -0.496 e. The lowest BCUT2D eigenvalue weighted by Gasteiger charge is -2.08. The molecule has 1 heterocycles. The number of carbonyl (C=O) groups excluding carboxylic acids is 1. The Labute approximate surface area is 156 Å². The van der Waals surface area contributed by atoms with E-state index in [9.17, 15) is 4.79 Å². The molecule has 6 nitrogen and oxygen atoms in total. The molecule has 0 spiro atoms. The monoisotopic (exact) mass is 371 g/mol. The summed E-state index contributed by atoms with van der Waals surface area (Å²) in [5.74, 6) is 1.26. The first-order valence-corrected chi connectivity index (χ1v) is 8.47. The summed E-state index contributed by atoms with van der Waals surface area (Å²) >= 11 is 6.06. The van der Waals surface area contributed by atoms with Crippen molar-refractivity contribution in [3.05, 3.63) is 58.9 Å². The maximum absolute atomic E-state index is 12.2. The van der Waals surface area contributed by atoms with Crippen LogP contribution in [0.5, 0.6) is 5.75 Å². The Kier molecular flexibility index (Phi) is 5.53. The van der Waals surface area contributed by atoms with E-state index in [1.165, 1.54) is 0 Å². The van der Waals surface area contributed by atoms with Crippen LogP contribution in [0, 0.1) is 6.92 Å². The molecule has 0 atom stereocenters. The molecule has 0 saturated heterocycles. The van der Waals surface area contributed by atoms with Gasteiger partial charge in [0.2, 0.25) is 11.8 Å². The highest BCUT2D eigenvalue weighted by atomic mass is 35.5. The smallest absolute Gasteiger partial charge is 0.251 e. The van der Waals surface area contributed by atoms with Crippen molar-refractivity contribution in [2.24, 2.45) is 0 Å². The molecule has 1 amide bonds. The third-order valence-corrected chi connectivity index (χ3v) is 4.32. The van der Waals surface area contributed by atoms with Crippen LogP contribution in [0.4, 0.5) is 5.69 Å². The van der Waals surface area contributed by atoms with Crippen LogP contribution in [0.1, 0.15) is 17.9 Å². The van der Waals surface area contributed by atoms with Crippen LogP contribution >= 0.6 is 11.6 Å². The molecule has 3 rings (SSSR count). The fraction of sp³-hybridized carbons (Fsp3) is 0.211. The molecular formula is C19H18ClN3O3. The van der Waals surface area contributed by atoms with Gasteiger partial charge in [-0.15, -0.1) is 10.2 Å². The zero-order valence-electron chi connectivity index (χ0n) is 14.5. The Balaban J connectivity index is 1.63. The zero-order chi connectivity index (χ0) is 18.5. The van der Waals surface area contributed by atoms with Gasteiger partial charge in [0, 0.05) is 23.6 Å². The quantitative estimate of drug-likeness (QED) is 0.699. The molecular weight excluding hydrogens is 354 g/mol. The van der Waals surface area contributed by atoms with E-state index < -0.39 is 0 Å². The lowest BCUT2D eigenvalue weighted by Crippen LogP contribution is -2.13. The number of hydrogen-bond acceptors (Lipinski definition) is 5. The van der Waals surface area contributed by atoms with Gasteiger partial charge in [0.15, 0.2) is 0 Å². The van der Waals surface area contributed by atoms with Crippen molar-refractivity contribution in [1.29, 1.82) is 0 Å². The van der Waals surface area contributed by atoms with Gasteiger partial charge < -0.3 is 14.5 Å². The van der Waals surface area contributed by atoms with E-state index in [0.717, 1.165) is 5.56 Å². The first-order valence-electron chi connectivity index (χ1n) is 8.09. The Morgan fingerprint density at radius 2 is 2.00 bits per heavy atom. The van der Waals surface area contributed by atoms with Gasteiger partial charge in [-0.2, -0.15) is 0 Å². The van der Waals surface area contributed by atoms with Crippen molar-refractivity contribution in [3.8, 4) is 17.2 Å². The van der Waals surface area contributed by atoms with E-state index in [1.807, 2.05) is 37.3 Å². The van der Waals surface area contributed by atoms with Gasteiger partial charge >= 0.3 is 0 Å². The molecule has 0 radical (unpaired) electrons. The van der Waals surface area contributed by atoms with Gasteiger partial charge in [0.05, 0.1) is 12.7 Å². The molecule has 134 valence electrons. The summed E-state index contributed by atoms with van der Waals surface area (Å²) in [5.41, 5.74) is 2.24. The Morgan fingerprint density at radius 1 is 1.19 bits per heavy atom. The number of ether oxygens (including phenoxy) is 1. The summed E-state index contributed by atoms with van der Waals surface area (Å²) in [6.45, 7) is 1.86. The number of nitrogens with one attached hydrogen (secondary N) is 1. The van der Waals surface area contributed by atoms with Crippen molar-refractivity contribution in [2.45, 2.75) is 19.8 Å². The maximum Gasteiger partial charge on any atom is 0.251 e. The molecule has 2 aromatic carbocycles. The molecule has 0 saturated carbocycles. The Bertz CT molecular complexity index is 924. The second-order valence-electron chi connectivity index (χ2n) is 5.66. The van der Waals surface area contributed by atoms with Crippen LogP contribution < -0.4 is 10.1 Å². The molecule has 1 aromatic heterocycles. The van der Waals surface area contributed by atoms with Gasteiger partial charge in [0.1, 0.15) is 5.75 Å². The molecule has 0 fully saturated rings. The van der Waals surface area contributed by atoms with Crippen LogP contribution in [0.25, 0.3) is 11.5 Å². The van der Waals surface area contributed by atoms with Crippen molar-refractivity contribution in [1.82, 2.24) is 10.2 Å². The van der Waals surface area contributed by atoms with E-state index in [0.29, 0.717) is 40.2 Å². The lowest BCUT2D eigenvalue weighted by molar-refractivity contribution is -0.116. The number of nitrogens with zero attached hydrogens (tertiary/aromatic N) is 2. The van der Waals surface area contributed by atoms with Crippen LogP contribution in [0.15, 0.2) is 46.9 Å². The lowest BCUT2D eigenvalue weighted by atomic mass is 10.2. The average Bonchev–Trinajstić information content (AvgIpc) is 3.12. The van der Waals surface area contributed by atoms with Gasteiger partial charge in [-0.05, 0) is 36.8 Å². The second-order valence-corrected chi connectivity index (χ2v) is 6.07. The predicted octanol–water partition coefficient (Wildman–Crippen LogP) is 4.28. The first-order chi connectivity index (χ1) is 12.6. The number of para-hydroxylation sites is 1.